The molecule has 0 N–H and O–H groups in total. The van der Waals surface area contributed by atoms with Crippen LogP contribution in [0.2, 0.25) is 0 Å². The number of carbonyl (C=O) groups excluding carboxylic acids is 2. The van der Waals surface area contributed by atoms with Crippen LogP contribution >= 0.6 is 0 Å². The molecule has 26 heavy (non-hydrogen) atoms. The van der Waals surface area contributed by atoms with Gasteiger partial charge < -0.3 is 9.47 Å². The van der Waals surface area contributed by atoms with Gasteiger partial charge in [0.1, 0.15) is 5.69 Å². The number of hydrogen-bond acceptors (Lipinski definition) is 7. The van der Waals surface area contributed by atoms with E-state index in [9.17, 15) is 19.7 Å². The average Bonchev–Trinajstić information content (AvgIpc) is 2.61. The summed E-state index contributed by atoms with van der Waals surface area (Å²) in [5.74, 6) is -1.26. The number of carbonyl (C=O) groups is 2. The molecule has 0 bridgehead atoms. The Hall–Kier alpha value is -3.29. The molecule has 2 rings (SSSR count). The van der Waals surface area contributed by atoms with Crippen LogP contribution in [0, 0.1) is 17.0 Å². The second-order valence-electron chi connectivity index (χ2n) is 5.26. The summed E-state index contributed by atoms with van der Waals surface area (Å²) in [5.41, 5.74) is 1.03. The van der Waals surface area contributed by atoms with E-state index in [1.807, 2.05) is 0 Å². The summed E-state index contributed by atoms with van der Waals surface area (Å²) < 4.78 is 10.0. The third kappa shape index (κ3) is 4.02. The Morgan fingerprint density at radius 2 is 1.77 bits per heavy atom. The van der Waals surface area contributed by atoms with E-state index in [0.717, 1.165) is 0 Å². The first-order valence-corrected chi connectivity index (χ1v) is 7.99. The van der Waals surface area contributed by atoms with Crippen molar-refractivity contribution in [3.63, 3.8) is 0 Å². The number of ether oxygens (including phenoxy) is 2. The van der Waals surface area contributed by atoms with Gasteiger partial charge in [0.15, 0.2) is 0 Å². The normalized spacial score (nSPS) is 10.3. The second kappa shape index (κ2) is 8.19. The van der Waals surface area contributed by atoms with Crippen molar-refractivity contribution >= 4 is 17.6 Å². The summed E-state index contributed by atoms with van der Waals surface area (Å²) in [4.78, 5) is 39.1. The highest BCUT2D eigenvalue weighted by Crippen LogP contribution is 2.30. The Morgan fingerprint density at radius 1 is 1.12 bits per heavy atom. The van der Waals surface area contributed by atoms with E-state index in [0.29, 0.717) is 11.1 Å². The molecule has 0 amide bonds. The van der Waals surface area contributed by atoms with Crippen molar-refractivity contribution < 1.29 is 24.0 Å². The maximum atomic E-state index is 12.4. The predicted octanol–water partition coefficient (Wildman–Crippen LogP) is 3.32. The number of hydrogen-bond donors (Lipinski definition) is 0. The smallest absolute Gasteiger partial charge is 0.356 e. The zero-order chi connectivity index (χ0) is 19.3. The van der Waals surface area contributed by atoms with Crippen molar-refractivity contribution in [3.05, 3.63) is 57.4 Å². The van der Waals surface area contributed by atoms with Crippen molar-refractivity contribution in [3.8, 4) is 11.1 Å². The van der Waals surface area contributed by atoms with Crippen molar-refractivity contribution in [2.45, 2.75) is 20.8 Å². The molecule has 1 aromatic heterocycles. The number of non-ortho nitro benzene ring substituents is 1. The molecule has 0 unspecified atom stereocenters. The van der Waals surface area contributed by atoms with Gasteiger partial charge in [0.2, 0.25) is 0 Å². The van der Waals surface area contributed by atoms with Gasteiger partial charge in [-0.3, -0.25) is 10.1 Å². The zero-order valence-corrected chi connectivity index (χ0v) is 14.6. The van der Waals surface area contributed by atoms with Crippen molar-refractivity contribution in [2.75, 3.05) is 13.2 Å². The van der Waals surface area contributed by atoms with Gasteiger partial charge >= 0.3 is 11.9 Å². The number of benzene rings is 1. The van der Waals surface area contributed by atoms with Crippen molar-refractivity contribution in [1.29, 1.82) is 0 Å². The highest BCUT2D eigenvalue weighted by atomic mass is 16.6. The lowest BCUT2D eigenvalue weighted by Gasteiger charge is -2.13. The van der Waals surface area contributed by atoms with E-state index in [2.05, 4.69) is 4.98 Å². The molecule has 0 saturated heterocycles. The minimum atomic E-state index is -0.641. The first kappa shape index (κ1) is 19.0. The summed E-state index contributed by atoms with van der Waals surface area (Å²) in [7, 11) is 0. The Bertz CT molecular complexity index is 863. The molecule has 0 fully saturated rings. The maximum absolute atomic E-state index is 12.4. The zero-order valence-electron chi connectivity index (χ0n) is 14.6. The van der Waals surface area contributed by atoms with E-state index in [1.54, 1.807) is 26.8 Å². The molecule has 0 atom stereocenters. The fraction of sp³-hybridized carbons (Fsp3) is 0.278. The molecule has 1 aromatic carbocycles. The van der Waals surface area contributed by atoms with Gasteiger partial charge in [0.05, 0.1) is 29.4 Å². The van der Waals surface area contributed by atoms with Crippen LogP contribution in [-0.4, -0.2) is 35.1 Å². The van der Waals surface area contributed by atoms with E-state index in [1.165, 1.54) is 24.3 Å². The van der Waals surface area contributed by atoms with Crippen molar-refractivity contribution in [2.24, 2.45) is 0 Å². The van der Waals surface area contributed by atoms with Gasteiger partial charge in [-0.25, -0.2) is 14.6 Å². The minimum absolute atomic E-state index is 0.0129. The number of aromatic nitrogens is 1. The first-order chi connectivity index (χ1) is 12.4. The number of nitro groups is 1. The molecule has 0 aliphatic heterocycles. The van der Waals surface area contributed by atoms with Crippen LogP contribution in [0.25, 0.3) is 11.1 Å². The van der Waals surface area contributed by atoms with Gasteiger partial charge in [0, 0.05) is 17.7 Å². The van der Waals surface area contributed by atoms with E-state index >= 15 is 0 Å². The fourth-order valence-electron chi connectivity index (χ4n) is 2.46. The molecule has 1 heterocycles. The lowest BCUT2D eigenvalue weighted by atomic mass is 9.97. The molecule has 0 saturated carbocycles. The third-order valence-electron chi connectivity index (χ3n) is 3.53. The van der Waals surface area contributed by atoms with Crippen LogP contribution in [0.3, 0.4) is 0 Å². The van der Waals surface area contributed by atoms with E-state index < -0.39 is 16.9 Å². The molecule has 0 spiro atoms. The molecule has 0 aliphatic rings. The average molecular weight is 358 g/mol. The summed E-state index contributed by atoms with van der Waals surface area (Å²) in [5, 5.41) is 11.1. The standard InChI is InChI=1S/C18H18N2O6/c1-4-25-17(21)15-10-14(12-7-6-8-13(9-12)20(23)24)16(11(3)19-15)18(22)26-5-2/h6-10H,4-5H2,1-3H3. The maximum Gasteiger partial charge on any atom is 0.356 e. The number of nitro benzene ring substituents is 1. The number of esters is 2. The Balaban J connectivity index is 2.70. The largest absolute Gasteiger partial charge is 0.462 e. The van der Waals surface area contributed by atoms with Crippen LogP contribution < -0.4 is 0 Å². The van der Waals surface area contributed by atoms with Gasteiger partial charge in [-0.05, 0) is 32.4 Å². The molecule has 0 radical (unpaired) electrons. The lowest BCUT2D eigenvalue weighted by Crippen LogP contribution is -2.14. The Labute approximate surface area is 149 Å². The minimum Gasteiger partial charge on any atom is -0.462 e. The summed E-state index contributed by atoms with van der Waals surface area (Å²) >= 11 is 0. The first-order valence-electron chi connectivity index (χ1n) is 7.99. The Kier molecular flexibility index (Phi) is 6.00. The monoisotopic (exact) mass is 358 g/mol. The fourth-order valence-corrected chi connectivity index (χ4v) is 2.46. The number of nitrogens with zero attached hydrogens (tertiary/aromatic N) is 2. The van der Waals surface area contributed by atoms with E-state index in [4.69, 9.17) is 9.47 Å². The molecule has 136 valence electrons. The van der Waals surface area contributed by atoms with Crippen LogP contribution in [-0.2, 0) is 9.47 Å². The quantitative estimate of drug-likeness (QED) is 0.442. The second-order valence-corrected chi connectivity index (χ2v) is 5.26. The lowest BCUT2D eigenvalue weighted by molar-refractivity contribution is -0.384. The SMILES string of the molecule is CCOC(=O)c1cc(-c2cccc([N+](=O)[O-])c2)c(C(=O)OCC)c(C)n1. The molecule has 0 aliphatic carbocycles. The highest BCUT2D eigenvalue weighted by molar-refractivity contribution is 6.00. The molecule has 8 heteroatoms. The van der Waals surface area contributed by atoms with Gasteiger partial charge in [0.25, 0.3) is 5.69 Å². The summed E-state index contributed by atoms with van der Waals surface area (Å²) in [6.45, 7) is 5.23. The number of aryl methyl sites for hydroxylation is 1. The number of pyridine rings is 1. The molecular formula is C18H18N2O6. The van der Waals surface area contributed by atoms with Gasteiger partial charge in [-0.2, -0.15) is 0 Å². The number of rotatable bonds is 6. The van der Waals surface area contributed by atoms with Gasteiger partial charge in [-0.15, -0.1) is 0 Å². The molecule has 8 nitrogen and oxygen atoms in total. The summed E-state index contributed by atoms with van der Waals surface area (Å²) in [6.07, 6.45) is 0. The van der Waals surface area contributed by atoms with Crippen LogP contribution in [0.1, 0.15) is 40.4 Å². The predicted molar refractivity (Wildman–Crippen MR) is 93.0 cm³/mol. The highest BCUT2D eigenvalue weighted by Gasteiger charge is 2.23. The Morgan fingerprint density at radius 3 is 2.38 bits per heavy atom. The van der Waals surface area contributed by atoms with Crippen molar-refractivity contribution in [1.82, 2.24) is 4.98 Å². The molecular weight excluding hydrogens is 340 g/mol. The molecule has 2 aromatic rings. The van der Waals surface area contributed by atoms with E-state index in [-0.39, 0.29) is 35.9 Å². The summed E-state index contributed by atoms with van der Waals surface area (Å²) in [6, 6.07) is 7.16. The van der Waals surface area contributed by atoms with Gasteiger partial charge in [-0.1, -0.05) is 12.1 Å². The van der Waals surface area contributed by atoms with Crippen LogP contribution in [0.4, 0.5) is 5.69 Å². The van der Waals surface area contributed by atoms with Crippen LogP contribution in [0.15, 0.2) is 30.3 Å². The third-order valence-corrected chi connectivity index (χ3v) is 3.53. The topological polar surface area (TPSA) is 109 Å². The van der Waals surface area contributed by atoms with Crippen LogP contribution in [0.5, 0.6) is 0 Å².